The molecule has 2 nitrogen and oxygen atoms in total. The Labute approximate surface area is 326 Å². The quantitative estimate of drug-likeness (QED) is 0.166. The summed E-state index contributed by atoms with van der Waals surface area (Å²) < 4.78 is 6.27. The molecular formula is C54H37NO. The van der Waals surface area contributed by atoms with Crippen molar-refractivity contribution >= 4 is 32.6 Å². The first-order valence-electron chi connectivity index (χ1n) is 19.4. The molecule has 0 fully saturated rings. The van der Waals surface area contributed by atoms with E-state index in [1.807, 2.05) is 24.3 Å². The molecule has 0 saturated heterocycles. The third-order valence-electron chi connectivity index (χ3n) is 11.9. The largest absolute Gasteiger partial charge is 0.436 e. The maximum Gasteiger partial charge on any atom is 0.227 e. The third-order valence-corrected chi connectivity index (χ3v) is 11.9. The van der Waals surface area contributed by atoms with Gasteiger partial charge in [0.05, 0.1) is 0 Å². The maximum absolute atomic E-state index is 6.27. The second kappa shape index (κ2) is 12.5. The Balaban J connectivity index is 1.20. The molecule has 0 N–H and O–H groups in total. The van der Waals surface area contributed by atoms with Gasteiger partial charge in [-0.05, 0) is 137 Å². The molecule has 56 heavy (non-hydrogen) atoms. The van der Waals surface area contributed by atoms with Crippen LogP contribution in [0.25, 0.3) is 99.7 Å². The Morgan fingerprint density at radius 3 is 1.52 bits per heavy atom. The number of hydrogen-bond acceptors (Lipinski definition) is 2. The molecule has 1 aliphatic carbocycles. The molecule has 1 heterocycles. The normalized spacial score (nSPS) is 13.0. The summed E-state index contributed by atoms with van der Waals surface area (Å²) >= 11 is 0. The SMILES string of the molecule is CC1(C)c2cc(-c3nc4ccccc4o3)ccc2-c2cc3c(-c4cccc(-c5ccccc5)c4)c4ccccc4c(-c4cccc(-c5ccccc5)c4)c3cc21. The number of para-hydroxylation sites is 2. The van der Waals surface area contributed by atoms with E-state index in [2.05, 4.69) is 178 Å². The first-order chi connectivity index (χ1) is 27.5. The van der Waals surface area contributed by atoms with Gasteiger partial charge in [0.1, 0.15) is 5.52 Å². The number of aromatic nitrogens is 1. The van der Waals surface area contributed by atoms with E-state index in [4.69, 9.17) is 9.40 Å². The van der Waals surface area contributed by atoms with Crippen LogP contribution in [0, 0.1) is 0 Å². The topological polar surface area (TPSA) is 26.0 Å². The molecule has 0 saturated carbocycles. The van der Waals surface area contributed by atoms with Crippen LogP contribution in [0.3, 0.4) is 0 Å². The van der Waals surface area contributed by atoms with Crippen LogP contribution in [0.15, 0.2) is 192 Å². The van der Waals surface area contributed by atoms with Crippen LogP contribution >= 0.6 is 0 Å². The lowest BCUT2D eigenvalue weighted by Crippen LogP contribution is -2.15. The monoisotopic (exact) mass is 715 g/mol. The van der Waals surface area contributed by atoms with Gasteiger partial charge in [-0.3, -0.25) is 0 Å². The average Bonchev–Trinajstić information content (AvgIpc) is 3.79. The minimum Gasteiger partial charge on any atom is -0.436 e. The van der Waals surface area contributed by atoms with Crippen molar-refractivity contribution in [1.82, 2.24) is 4.98 Å². The highest BCUT2D eigenvalue weighted by Crippen LogP contribution is 2.54. The van der Waals surface area contributed by atoms with Gasteiger partial charge < -0.3 is 4.42 Å². The Morgan fingerprint density at radius 1 is 0.375 bits per heavy atom. The van der Waals surface area contributed by atoms with Crippen LogP contribution in [-0.2, 0) is 5.41 Å². The number of benzene rings is 9. The minimum atomic E-state index is -0.261. The Kier molecular flexibility index (Phi) is 7.24. The van der Waals surface area contributed by atoms with E-state index < -0.39 is 0 Å². The first-order valence-corrected chi connectivity index (χ1v) is 19.4. The summed E-state index contributed by atoms with van der Waals surface area (Å²) in [6.07, 6.45) is 0. The molecule has 2 heteroatoms. The predicted octanol–water partition coefficient (Wildman–Crippen LogP) is 14.8. The summed E-state index contributed by atoms with van der Waals surface area (Å²) in [4.78, 5) is 4.86. The van der Waals surface area contributed by atoms with Gasteiger partial charge in [0.2, 0.25) is 5.89 Å². The van der Waals surface area contributed by atoms with Crippen LogP contribution in [0.5, 0.6) is 0 Å². The summed E-state index contributed by atoms with van der Waals surface area (Å²) in [7, 11) is 0. The van der Waals surface area contributed by atoms with Gasteiger partial charge in [-0.25, -0.2) is 4.98 Å². The van der Waals surface area contributed by atoms with Crippen molar-refractivity contribution in [2.45, 2.75) is 19.3 Å². The van der Waals surface area contributed by atoms with E-state index in [1.54, 1.807) is 0 Å². The van der Waals surface area contributed by atoms with Gasteiger partial charge in [-0.2, -0.15) is 0 Å². The lowest BCUT2D eigenvalue weighted by atomic mass is 9.79. The number of oxazole rings is 1. The molecule has 9 aromatic carbocycles. The summed E-state index contributed by atoms with van der Waals surface area (Å²) in [5, 5.41) is 5.00. The molecule has 0 atom stereocenters. The van der Waals surface area contributed by atoms with Gasteiger partial charge in [0.25, 0.3) is 0 Å². The van der Waals surface area contributed by atoms with Crippen LogP contribution in [-0.4, -0.2) is 4.98 Å². The second-order valence-electron chi connectivity index (χ2n) is 15.5. The fourth-order valence-electron chi connectivity index (χ4n) is 9.12. The average molecular weight is 716 g/mol. The second-order valence-corrected chi connectivity index (χ2v) is 15.5. The van der Waals surface area contributed by atoms with Crippen molar-refractivity contribution in [3.8, 4) is 67.1 Å². The zero-order chi connectivity index (χ0) is 37.4. The molecule has 264 valence electrons. The van der Waals surface area contributed by atoms with Crippen molar-refractivity contribution in [2.75, 3.05) is 0 Å². The summed E-state index contributed by atoms with van der Waals surface area (Å²) in [6.45, 7) is 4.72. The van der Waals surface area contributed by atoms with Crippen molar-refractivity contribution < 1.29 is 4.42 Å². The van der Waals surface area contributed by atoms with Crippen molar-refractivity contribution in [2.24, 2.45) is 0 Å². The molecule has 1 aromatic heterocycles. The van der Waals surface area contributed by atoms with Crippen LogP contribution in [0.1, 0.15) is 25.0 Å². The van der Waals surface area contributed by atoms with Gasteiger partial charge in [-0.15, -0.1) is 0 Å². The standard InChI is InChI=1S/C54H37NO/c1-54(2)47-31-40(53-55-49-25-11-12-26-50(49)56-53)27-28-41(47)44-32-45-46(33-48(44)54)52(39-22-14-20-37(30-39)35-17-7-4-8-18-35)43-24-10-9-23-42(43)51(45)38-21-13-19-36(29-38)34-15-5-3-6-16-34/h3-33H,1-2H3. The van der Waals surface area contributed by atoms with Crippen LogP contribution < -0.4 is 0 Å². The van der Waals surface area contributed by atoms with E-state index >= 15 is 0 Å². The Hall–Kier alpha value is -7.03. The van der Waals surface area contributed by atoms with E-state index in [-0.39, 0.29) is 5.41 Å². The molecule has 0 spiro atoms. The zero-order valence-electron chi connectivity index (χ0n) is 31.3. The highest BCUT2D eigenvalue weighted by atomic mass is 16.3. The van der Waals surface area contributed by atoms with E-state index in [1.165, 1.54) is 88.3 Å². The van der Waals surface area contributed by atoms with Gasteiger partial charge in [0, 0.05) is 11.0 Å². The van der Waals surface area contributed by atoms with E-state index in [0.717, 1.165) is 16.7 Å². The summed E-state index contributed by atoms with van der Waals surface area (Å²) in [5.41, 5.74) is 17.3. The molecule has 11 rings (SSSR count). The van der Waals surface area contributed by atoms with E-state index in [0.29, 0.717) is 5.89 Å². The lowest BCUT2D eigenvalue weighted by Gasteiger charge is -2.24. The number of hydrogen-bond donors (Lipinski definition) is 0. The van der Waals surface area contributed by atoms with Crippen LogP contribution in [0.2, 0.25) is 0 Å². The molecule has 0 aliphatic heterocycles. The highest BCUT2D eigenvalue weighted by Gasteiger charge is 2.37. The summed E-state index contributed by atoms with van der Waals surface area (Å²) in [6, 6.07) is 68.2. The van der Waals surface area contributed by atoms with Crippen molar-refractivity contribution in [1.29, 1.82) is 0 Å². The van der Waals surface area contributed by atoms with Crippen molar-refractivity contribution in [3.63, 3.8) is 0 Å². The highest BCUT2D eigenvalue weighted by molar-refractivity contribution is 6.22. The third kappa shape index (κ3) is 5.07. The molecule has 1 aliphatic rings. The minimum absolute atomic E-state index is 0.261. The van der Waals surface area contributed by atoms with Gasteiger partial charge in [-0.1, -0.05) is 153 Å². The molecule has 0 radical (unpaired) electrons. The van der Waals surface area contributed by atoms with Gasteiger partial charge >= 0.3 is 0 Å². The number of rotatable bonds is 5. The van der Waals surface area contributed by atoms with Gasteiger partial charge in [0.15, 0.2) is 5.58 Å². The Bertz CT molecular complexity index is 3120. The molecule has 0 bridgehead atoms. The molecule has 10 aromatic rings. The van der Waals surface area contributed by atoms with Crippen LogP contribution in [0.4, 0.5) is 0 Å². The molecular weight excluding hydrogens is 679 g/mol. The Morgan fingerprint density at radius 2 is 0.893 bits per heavy atom. The number of nitrogens with zero attached hydrogens (tertiary/aromatic N) is 1. The number of fused-ring (bicyclic) bond motifs is 6. The van der Waals surface area contributed by atoms with E-state index in [9.17, 15) is 0 Å². The predicted molar refractivity (Wildman–Crippen MR) is 234 cm³/mol. The van der Waals surface area contributed by atoms with Crippen molar-refractivity contribution in [3.05, 3.63) is 199 Å². The first kappa shape index (κ1) is 32.4. The zero-order valence-corrected chi connectivity index (χ0v) is 31.3. The fourth-order valence-corrected chi connectivity index (χ4v) is 9.12. The molecule has 0 unspecified atom stereocenters. The smallest absolute Gasteiger partial charge is 0.227 e. The maximum atomic E-state index is 6.27. The molecule has 0 amide bonds. The lowest BCUT2D eigenvalue weighted by molar-refractivity contribution is 0.618. The fraction of sp³-hybridized carbons (Fsp3) is 0.0556. The summed E-state index contributed by atoms with van der Waals surface area (Å²) in [5.74, 6) is 0.651.